The minimum absolute atomic E-state index is 0.0209. The maximum atomic E-state index is 13.1. The third-order valence-electron chi connectivity index (χ3n) is 6.00. The van der Waals surface area contributed by atoms with Crippen LogP contribution in [0.3, 0.4) is 0 Å². The average molecular weight is 471 g/mol. The number of hydrogen-bond donors (Lipinski definition) is 1. The van der Waals surface area contributed by atoms with Crippen LogP contribution in [0.4, 0.5) is 11.4 Å². The summed E-state index contributed by atoms with van der Waals surface area (Å²) in [6, 6.07) is 12.5. The van der Waals surface area contributed by atoms with Gasteiger partial charge < -0.3 is 10.2 Å². The van der Waals surface area contributed by atoms with Gasteiger partial charge in [-0.05, 0) is 49.6 Å². The van der Waals surface area contributed by atoms with Gasteiger partial charge in [0.15, 0.2) is 0 Å². The molecule has 0 atom stereocenters. The van der Waals surface area contributed by atoms with Gasteiger partial charge in [0.2, 0.25) is 15.9 Å². The van der Waals surface area contributed by atoms with E-state index in [0.29, 0.717) is 24.3 Å². The molecule has 0 unspecified atom stereocenters. The van der Waals surface area contributed by atoms with Crippen molar-refractivity contribution in [2.45, 2.75) is 44.6 Å². The fourth-order valence-corrected chi connectivity index (χ4v) is 5.74. The second-order valence-electron chi connectivity index (χ2n) is 8.10. The first kappa shape index (κ1) is 23.2. The summed E-state index contributed by atoms with van der Waals surface area (Å²) in [6.45, 7) is 6.12. The van der Waals surface area contributed by atoms with E-state index in [-0.39, 0.29) is 17.3 Å². The van der Waals surface area contributed by atoms with E-state index in [1.165, 1.54) is 10.7 Å². The van der Waals surface area contributed by atoms with Crippen molar-refractivity contribution in [3.05, 3.63) is 42.5 Å². The molecule has 0 saturated carbocycles. The van der Waals surface area contributed by atoms with Crippen molar-refractivity contribution in [3.63, 3.8) is 0 Å². The second-order valence-corrected chi connectivity index (χ2v) is 10.0. The second kappa shape index (κ2) is 9.88. The molecule has 0 aliphatic carbocycles. The van der Waals surface area contributed by atoms with Crippen LogP contribution in [0.25, 0.3) is 11.0 Å². The molecule has 176 valence electrons. The summed E-state index contributed by atoms with van der Waals surface area (Å²) in [7, 11) is -3.65. The Morgan fingerprint density at radius 1 is 1.06 bits per heavy atom. The summed E-state index contributed by atoms with van der Waals surface area (Å²) in [5.41, 5.74) is 2.82. The van der Waals surface area contributed by atoms with Crippen LogP contribution in [-0.2, 0) is 21.4 Å². The van der Waals surface area contributed by atoms with E-state index in [2.05, 4.69) is 20.5 Å². The lowest BCUT2D eigenvalue weighted by molar-refractivity contribution is -0.116. The average Bonchev–Trinajstić information content (AvgIpc) is 3.23. The lowest BCUT2D eigenvalue weighted by Crippen LogP contribution is -2.32. The summed E-state index contributed by atoms with van der Waals surface area (Å²) in [6.07, 6.45) is 3.31. The molecule has 4 rings (SSSR count). The molecule has 9 nitrogen and oxygen atoms in total. The fraction of sp³-hybridized carbons (Fsp3) is 0.435. The molecule has 1 amide bonds. The number of amides is 1. The molecule has 1 aliphatic heterocycles. The van der Waals surface area contributed by atoms with Crippen molar-refractivity contribution in [2.24, 2.45) is 0 Å². The molecule has 10 heteroatoms. The minimum atomic E-state index is -3.65. The Balaban J connectivity index is 1.65. The zero-order valence-corrected chi connectivity index (χ0v) is 19.9. The van der Waals surface area contributed by atoms with E-state index < -0.39 is 10.0 Å². The molecular weight excluding hydrogens is 440 g/mol. The third-order valence-corrected chi connectivity index (χ3v) is 8.04. The number of nitrogens with one attached hydrogen (secondary N) is 1. The number of piperidine rings is 1. The summed E-state index contributed by atoms with van der Waals surface area (Å²) >= 11 is 0. The highest BCUT2D eigenvalue weighted by Crippen LogP contribution is 2.32. The van der Waals surface area contributed by atoms with Gasteiger partial charge in [0.25, 0.3) is 0 Å². The predicted octanol–water partition coefficient (Wildman–Crippen LogP) is 3.09. The monoisotopic (exact) mass is 470 g/mol. The van der Waals surface area contributed by atoms with Gasteiger partial charge in [-0.3, -0.25) is 4.79 Å². The zero-order chi connectivity index (χ0) is 23.4. The molecule has 33 heavy (non-hydrogen) atoms. The Hall–Kier alpha value is -2.98. The molecule has 0 radical (unpaired) electrons. The maximum Gasteiger partial charge on any atom is 0.246 e. The highest BCUT2D eigenvalue weighted by molar-refractivity contribution is 7.89. The first-order valence-electron chi connectivity index (χ1n) is 11.4. The van der Waals surface area contributed by atoms with Crippen LogP contribution in [0.2, 0.25) is 0 Å². The van der Waals surface area contributed by atoms with Gasteiger partial charge in [-0.25, -0.2) is 13.1 Å². The molecular formula is C23H30N6O3S. The molecule has 1 saturated heterocycles. The summed E-state index contributed by atoms with van der Waals surface area (Å²) < 4.78 is 29.2. The molecule has 2 heterocycles. The minimum Gasteiger partial charge on any atom is -0.370 e. The number of para-hydroxylation sites is 1. The topological polar surface area (TPSA) is 100 Å². The highest BCUT2D eigenvalue weighted by Gasteiger charge is 2.25. The molecule has 1 aliphatic rings. The van der Waals surface area contributed by atoms with Gasteiger partial charge in [-0.2, -0.15) is 4.31 Å². The number of rotatable bonds is 8. The lowest BCUT2D eigenvalue weighted by atomic mass is 10.1. The molecule has 1 aromatic heterocycles. The smallest absolute Gasteiger partial charge is 0.246 e. The first-order valence-corrected chi connectivity index (χ1v) is 12.8. The standard InChI is InChI=1S/C23H30N6O3S/c1-3-28(4-2)33(31,32)18-12-13-21(27-14-8-5-9-15-27)20(16-18)24-23(30)17-29-22-11-7-6-10-19(22)25-26-29/h6-7,10-13,16H,3-5,8-9,14-15,17H2,1-2H3,(H,24,30). The molecule has 2 aromatic carbocycles. The van der Waals surface area contributed by atoms with Gasteiger partial charge >= 0.3 is 0 Å². The highest BCUT2D eigenvalue weighted by atomic mass is 32.2. The predicted molar refractivity (Wildman–Crippen MR) is 129 cm³/mol. The van der Waals surface area contributed by atoms with Gasteiger partial charge in [0.1, 0.15) is 12.1 Å². The van der Waals surface area contributed by atoms with Gasteiger partial charge in [-0.1, -0.05) is 31.2 Å². The Labute approximate surface area is 194 Å². The van der Waals surface area contributed by atoms with Crippen LogP contribution < -0.4 is 10.2 Å². The van der Waals surface area contributed by atoms with E-state index >= 15 is 0 Å². The van der Waals surface area contributed by atoms with Gasteiger partial charge in [-0.15, -0.1) is 5.10 Å². The summed E-state index contributed by atoms with van der Waals surface area (Å²) in [5.74, 6) is -0.290. The van der Waals surface area contributed by atoms with Crippen molar-refractivity contribution >= 4 is 38.3 Å². The van der Waals surface area contributed by atoms with E-state index in [4.69, 9.17) is 0 Å². The van der Waals surface area contributed by atoms with Crippen LogP contribution in [0, 0.1) is 0 Å². The van der Waals surface area contributed by atoms with Crippen LogP contribution in [0.5, 0.6) is 0 Å². The van der Waals surface area contributed by atoms with Crippen LogP contribution >= 0.6 is 0 Å². The Morgan fingerprint density at radius 2 is 1.79 bits per heavy atom. The molecule has 0 spiro atoms. The number of fused-ring (bicyclic) bond motifs is 1. The van der Waals surface area contributed by atoms with Crippen LogP contribution in [0.15, 0.2) is 47.4 Å². The van der Waals surface area contributed by atoms with Crippen molar-refractivity contribution in [1.82, 2.24) is 19.3 Å². The van der Waals surface area contributed by atoms with Crippen molar-refractivity contribution in [2.75, 3.05) is 36.4 Å². The van der Waals surface area contributed by atoms with Crippen LogP contribution in [0.1, 0.15) is 33.1 Å². The van der Waals surface area contributed by atoms with Crippen molar-refractivity contribution in [1.29, 1.82) is 0 Å². The Kier molecular flexibility index (Phi) is 6.94. The fourth-order valence-electron chi connectivity index (χ4n) is 4.26. The number of hydrogen-bond acceptors (Lipinski definition) is 6. The normalized spacial score (nSPS) is 14.7. The van der Waals surface area contributed by atoms with Crippen molar-refractivity contribution in [3.8, 4) is 0 Å². The van der Waals surface area contributed by atoms with E-state index in [0.717, 1.165) is 37.1 Å². The Morgan fingerprint density at radius 3 is 2.52 bits per heavy atom. The number of sulfonamides is 1. The van der Waals surface area contributed by atoms with Gasteiger partial charge in [0.05, 0.1) is 21.8 Å². The Bertz CT molecular complexity index is 1230. The van der Waals surface area contributed by atoms with Gasteiger partial charge in [0, 0.05) is 26.2 Å². The van der Waals surface area contributed by atoms with E-state index in [1.54, 1.807) is 16.8 Å². The summed E-state index contributed by atoms with van der Waals surface area (Å²) in [5, 5.41) is 11.1. The largest absolute Gasteiger partial charge is 0.370 e. The molecule has 1 fully saturated rings. The number of aromatic nitrogens is 3. The first-order chi connectivity index (χ1) is 15.9. The molecule has 1 N–H and O–H groups in total. The number of nitrogens with zero attached hydrogens (tertiary/aromatic N) is 5. The zero-order valence-electron chi connectivity index (χ0n) is 19.1. The number of benzene rings is 2. The third kappa shape index (κ3) is 4.86. The van der Waals surface area contributed by atoms with Crippen LogP contribution in [-0.4, -0.2) is 59.8 Å². The van der Waals surface area contributed by atoms with E-state index in [9.17, 15) is 13.2 Å². The number of anilines is 2. The maximum absolute atomic E-state index is 13.1. The van der Waals surface area contributed by atoms with E-state index in [1.807, 2.05) is 44.2 Å². The SMILES string of the molecule is CCN(CC)S(=O)(=O)c1ccc(N2CCCCC2)c(NC(=O)Cn2nnc3ccccc32)c1. The van der Waals surface area contributed by atoms with Crippen molar-refractivity contribution < 1.29 is 13.2 Å². The number of carbonyl (C=O) groups excluding carboxylic acids is 1. The summed E-state index contributed by atoms with van der Waals surface area (Å²) in [4.78, 5) is 15.4. The number of carbonyl (C=O) groups is 1. The quantitative estimate of drug-likeness (QED) is 0.543. The molecule has 0 bridgehead atoms. The molecule has 3 aromatic rings. The lowest BCUT2D eigenvalue weighted by Gasteiger charge is -2.31.